The Bertz CT molecular complexity index is 766. The van der Waals surface area contributed by atoms with Gasteiger partial charge in [0.05, 0.1) is 16.1 Å². The zero-order valence-electron chi connectivity index (χ0n) is 14.9. The van der Waals surface area contributed by atoms with Crippen molar-refractivity contribution in [3.63, 3.8) is 0 Å². The minimum Gasteiger partial charge on any atom is -0.393 e. The number of nitrogens with zero attached hydrogens (tertiary/aromatic N) is 1. The molecule has 0 radical (unpaired) electrons. The molecule has 27 heavy (non-hydrogen) atoms. The lowest BCUT2D eigenvalue weighted by Gasteiger charge is -2.33. The summed E-state index contributed by atoms with van der Waals surface area (Å²) in [5.41, 5.74) is 0. The molecule has 0 atom stereocenters. The molecule has 3 rings (SSSR count). The van der Waals surface area contributed by atoms with E-state index in [1.807, 2.05) is 0 Å². The van der Waals surface area contributed by atoms with Gasteiger partial charge < -0.3 is 10.4 Å². The van der Waals surface area contributed by atoms with Crippen molar-refractivity contribution in [3.8, 4) is 0 Å². The number of carbonyl (C=O) groups is 1. The third-order valence-electron chi connectivity index (χ3n) is 5.38. The quantitative estimate of drug-likeness (QED) is 0.762. The van der Waals surface area contributed by atoms with E-state index in [1.54, 1.807) is 6.07 Å². The summed E-state index contributed by atoms with van der Waals surface area (Å²) in [6.45, 7) is 0.511. The van der Waals surface area contributed by atoms with Crippen molar-refractivity contribution in [3.05, 3.63) is 28.2 Å². The monoisotopic (exact) mass is 434 g/mol. The van der Waals surface area contributed by atoms with Gasteiger partial charge in [0.25, 0.3) is 0 Å². The van der Waals surface area contributed by atoms with Crippen LogP contribution in [-0.4, -0.2) is 49.0 Å². The average Bonchev–Trinajstić information content (AvgIpc) is 2.63. The Hall–Kier alpha value is -0.860. The maximum atomic E-state index is 12.9. The van der Waals surface area contributed by atoms with Crippen LogP contribution in [0.25, 0.3) is 0 Å². The molecule has 0 aromatic heterocycles. The van der Waals surface area contributed by atoms with Crippen LogP contribution in [0.5, 0.6) is 0 Å². The lowest BCUT2D eigenvalue weighted by atomic mass is 9.91. The molecule has 0 spiro atoms. The van der Waals surface area contributed by atoms with Crippen molar-refractivity contribution in [2.45, 2.75) is 55.6 Å². The van der Waals surface area contributed by atoms with Crippen LogP contribution in [0.15, 0.2) is 23.1 Å². The summed E-state index contributed by atoms with van der Waals surface area (Å²) >= 11 is 12.1. The molecule has 150 valence electrons. The molecule has 1 aromatic carbocycles. The lowest BCUT2D eigenvalue weighted by molar-refractivity contribution is -0.127. The maximum absolute atomic E-state index is 12.9. The molecule has 1 saturated carbocycles. The molecule has 1 saturated heterocycles. The van der Waals surface area contributed by atoms with Crippen LogP contribution in [0.3, 0.4) is 0 Å². The van der Waals surface area contributed by atoms with Gasteiger partial charge in [-0.2, -0.15) is 4.31 Å². The van der Waals surface area contributed by atoms with Gasteiger partial charge in [0.15, 0.2) is 0 Å². The largest absolute Gasteiger partial charge is 0.393 e. The second-order valence-electron chi connectivity index (χ2n) is 7.24. The van der Waals surface area contributed by atoms with Gasteiger partial charge in [0.1, 0.15) is 4.90 Å². The molecule has 6 nitrogen and oxygen atoms in total. The van der Waals surface area contributed by atoms with E-state index in [0.29, 0.717) is 25.7 Å². The molecule has 2 fully saturated rings. The fourth-order valence-corrected chi connectivity index (χ4v) is 6.32. The van der Waals surface area contributed by atoms with Crippen LogP contribution in [0.4, 0.5) is 0 Å². The van der Waals surface area contributed by atoms with E-state index in [2.05, 4.69) is 5.32 Å². The number of rotatable bonds is 4. The Balaban J connectivity index is 1.59. The molecule has 1 heterocycles. The Morgan fingerprint density at radius 3 is 2.15 bits per heavy atom. The van der Waals surface area contributed by atoms with Crippen LogP contribution in [0.2, 0.25) is 10.0 Å². The second-order valence-corrected chi connectivity index (χ2v) is 9.93. The van der Waals surface area contributed by atoms with Gasteiger partial charge in [-0.05, 0) is 50.7 Å². The number of amides is 1. The number of hydrogen-bond donors (Lipinski definition) is 2. The minimum atomic E-state index is -3.80. The normalized spacial score (nSPS) is 25.3. The van der Waals surface area contributed by atoms with Crippen molar-refractivity contribution in [2.75, 3.05) is 13.1 Å². The highest BCUT2D eigenvalue weighted by Crippen LogP contribution is 2.33. The summed E-state index contributed by atoms with van der Waals surface area (Å²) in [7, 11) is -3.80. The highest BCUT2D eigenvalue weighted by Gasteiger charge is 2.35. The van der Waals surface area contributed by atoms with Crippen LogP contribution in [0.1, 0.15) is 38.5 Å². The Kier molecular flexibility index (Phi) is 6.69. The summed E-state index contributed by atoms with van der Waals surface area (Å²) < 4.78 is 27.1. The van der Waals surface area contributed by atoms with Crippen molar-refractivity contribution >= 4 is 39.1 Å². The molecule has 0 unspecified atom stereocenters. The van der Waals surface area contributed by atoms with E-state index < -0.39 is 10.0 Å². The predicted octanol–water partition coefficient (Wildman–Crippen LogP) is 2.81. The summed E-state index contributed by atoms with van der Waals surface area (Å²) in [4.78, 5) is 12.4. The van der Waals surface area contributed by atoms with Gasteiger partial charge in [-0.15, -0.1) is 0 Å². The van der Waals surface area contributed by atoms with E-state index in [9.17, 15) is 18.3 Å². The summed E-state index contributed by atoms with van der Waals surface area (Å²) in [5.74, 6) is -0.228. The Morgan fingerprint density at radius 2 is 1.59 bits per heavy atom. The summed E-state index contributed by atoms with van der Waals surface area (Å²) in [6, 6.07) is 4.71. The first-order chi connectivity index (χ1) is 12.8. The Morgan fingerprint density at radius 1 is 1.04 bits per heavy atom. The number of piperidine rings is 1. The van der Waals surface area contributed by atoms with Gasteiger partial charge in [0.2, 0.25) is 15.9 Å². The third kappa shape index (κ3) is 4.77. The number of carbonyl (C=O) groups excluding carboxylic acids is 1. The smallest absolute Gasteiger partial charge is 0.246 e. The van der Waals surface area contributed by atoms with Crippen LogP contribution < -0.4 is 5.32 Å². The van der Waals surface area contributed by atoms with E-state index in [0.717, 1.165) is 12.8 Å². The van der Waals surface area contributed by atoms with Crippen LogP contribution in [0, 0.1) is 5.92 Å². The van der Waals surface area contributed by atoms with Gasteiger partial charge >= 0.3 is 0 Å². The molecule has 1 aromatic rings. The van der Waals surface area contributed by atoms with E-state index >= 15 is 0 Å². The highest BCUT2D eigenvalue weighted by atomic mass is 35.5. The number of aliphatic hydroxyl groups excluding tert-OH is 1. The molecule has 0 bridgehead atoms. The van der Waals surface area contributed by atoms with Crippen molar-refractivity contribution in [2.24, 2.45) is 5.92 Å². The topological polar surface area (TPSA) is 86.7 Å². The number of aliphatic hydroxyl groups is 1. The first-order valence-electron chi connectivity index (χ1n) is 9.21. The standard InChI is InChI=1S/C18H24Cl2N2O4S/c19-15-2-1-3-16(20)17(15)27(25,26)22-10-8-12(9-11-22)18(24)21-13-4-6-14(23)7-5-13/h1-3,12-14,23H,4-11H2,(H,21,24). The SMILES string of the molecule is O=C(NC1CCC(O)CC1)C1CCN(S(=O)(=O)c2c(Cl)cccc2Cl)CC1. The molecule has 1 amide bonds. The number of halogens is 2. The minimum absolute atomic E-state index is 0.0239. The fourth-order valence-electron chi connectivity index (χ4n) is 3.76. The van der Waals surface area contributed by atoms with Crippen molar-refractivity contribution in [1.29, 1.82) is 0 Å². The van der Waals surface area contributed by atoms with Crippen molar-refractivity contribution < 1.29 is 18.3 Å². The van der Waals surface area contributed by atoms with E-state index in [4.69, 9.17) is 23.2 Å². The summed E-state index contributed by atoms with van der Waals surface area (Å²) in [5, 5.41) is 12.8. The van der Waals surface area contributed by atoms with Crippen molar-refractivity contribution in [1.82, 2.24) is 9.62 Å². The molecule has 2 N–H and O–H groups in total. The zero-order chi connectivity index (χ0) is 19.6. The van der Waals surface area contributed by atoms with Gasteiger partial charge in [-0.1, -0.05) is 29.3 Å². The molecular weight excluding hydrogens is 411 g/mol. The fraction of sp³-hybridized carbons (Fsp3) is 0.611. The second kappa shape index (κ2) is 8.66. The molecule has 1 aliphatic carbocycles. The van der Waals surface area contributed by atoms with Gasteiger partial charge in [-0.3, -0.25) is 4.79 Å². The third-order valence-corrected chi connectivity index (χ3v) is 8.24. The van der Waals surface area contributed by atoms with Gasteiger partial charge in [-0.25, -0.2) is 8.42 Å². The highest BCUT2D eigenvalue weighted by molar-refractivity contribution is 7.89. The number of hydrogen-bond acceptors (Lipinski definition) is 4. The first kappa shape index (κ1) is 20.9. The molecule has 2 aliphatic rings. The molecule has 1 aliphatic heterocycles. The van der Waals surface area contributed by atoms with E-state index in [1.165, 1.54) is 16.4 Å². The molecular formula is C18H24Cl2N2O4S. The Labute approximate surface area is 169 Å². The number of benzene rings is 1. The number of sulfonamides is 1. The lowest BCUT2D eigenvalue weighted by Crippen LogP contribution is -2.46. The molecule has 9 heteroatoms. The van der Waals surface area contributed by atoms with E-state index in [-0.39, 0.29) is 52.0 Å². The van der Waals surface area contributed by atoms with Crippen LogP contribution in [-0.2, 0) is 14.8 Å². The van der Waals surface area contributed by atoms with Gasteiger partial charge in [0, 0.05) is 25.0 Å². The summed E-state index contributed by atoms with van der Waals surface area (Å²) in [6.07, 6.45) is 3.64. The van der Waals surface area contributed by atoms with Crippen LogP contribution >= 0.6 is 23.2 Å². The predicted molar refractivity (Wildman–Crippen MR) is 104 cm³/mol. The number of nitrogens with one attached hydrogen (secondary N) is 1. The zero-order valence-corrected chi connectivity index (χ0v) is 17.2. The first-order valence-corrected chi connectivity index (χ1v) is 11.4. The maximum Gasteiger partial charge on any atom is 0.246 e. The average molecular weight is 435 g/mol.